The average Bonchev–Trinajstić information content (AvgIpc) is 2.59. The highest BCUT2D eigenvalue weighted by Gasteiger charge is 2.16. The van der Waals surface area contributed by atoms with E-state index in [1.165, 1.54) is 22.3 Å². The number of piperazine rings is 1. The Morgan fingerprint density at radius 1 is 0.913 bits per heavy atom. The van der Waals surface area contributed by atoms with Crippen LogP contribution in [0.4, 0.5) is 5.82 Å². The number of aromatic nitrogens is 1. The number of hydrogen-bond acceptors (Lipinski definition) is 3. The Hall–Kier alpha value is -1.87. The van der Waals surface area contributed by atoms with Crippen molar-refractivity contribution in [1.82, 2.24) is 9.88 Å². The second-order valence-electron chi connectivity index (χ2n) is 5.96. The van der Waals surface area contributed by atoms with E-state index in [0.29, 0.717) is 0 Å². The fourth-order valence-electron chi connectivity index (χ4n) is 2.89. The Labute approximate surface area is 142 Å². The first-order valence-corrected chi connectivity index (χ1v) is 8.61. The minimum absolute atomic E-state index is 0. The molecule has 1 aromatic heterocycles. The smallest absolute Gasteiger partial charge is 0.129 e. The van der Waals surface area contributed by atoms with E-state index in [0.717, 1.165) is 32.0 Å². The standard InChI is InChI=1S/C18H23N3.C2H6.H2/c1-14-6-4-5-7-16(14)17-12-18(19-13-15(17)2)21-10-8-20(3)9-11-21;1-2;/h4-7,12-13H,8-11H2,1-3H3;1-2H3;1H. The van der Waals surface area contributed by atoms with Crippen LogP contribution in [0.1, 0.15) is 26.4 Å². The maximum atomic E-state index is 4.65. The molecule has 1 saturated heterocycles. The number of likely N-dealkylation sites (N-methyl/N-ethyl adjacent to an activating group) is 1. The van der Waals surface area contributed by atoms with Crippen molar-refractivity contribution in [1.29, 1.82) is 0 Å². The van der Waals surface area contributed by atoms with Gasteiger partial charge in [-0.2, -0.15) is 0 Å². The van der Waals surface area contributed by atoms with Gasteiger partial charge >= 0.3 is 0 Å². The molecule has 0 unspecified atom stereocenters. The van der Waals surface area contributed by atoms with Crippen molar-refractivity contribution in [2.45, 2.75) is 27.7 Å². The van der Waals surface area contributed by atoms with Crippen LogP contribution < -0.4 is 4.90 Å². The van der Waals surface area contributed by atoms with Crippen LogP contribution in [-0.4, -0.2) is 43.1 Å². The first-order valence-electron chi connectivity index (χ1n) is 8.61. The fourth-order valence-corrected chi connectivity index (χ4v) is 2.89. The van der Waals surface area contributed by atoms with Crippen molar-refractivity contribution in [3.8, 4) is 11.1 Å². The van der Waals surface area contributed by atoms with Gasteiger partial charge in [-0.05, 0) is 49.2 Å². The van der Waals surface area contributed by atoms with Crippen LogP contribution in [0.5, 0.6) is 0 Å². The molecule has 2 aromatic rings. The number of nitrogens with zero attached hydrogens (tertiary/aromatic N) is 3. The van der Waals surface area contributed by atoms with Gasteiger partial charge in [0.2, 0.25) is 0 Å². The van der Waals surface area contributed by atoms with Gasteiger partial charge in [0.1, 0.15) is 5.82 Å². The monoisotopic (exact) mass is 313 g/mol. The highest BCUT2D eigenvalue weighted by atomic mass is 15.3. The maximum absolute atomic E-state index is 4.65. The Bertz CT molecular complexity index is 635. The van der Waals surface area contributed by atoms with Crippen molar-refractivity contribution in [3.05, 3.63) is 47.7 Å². The summed E-state index contributed by atoms with van der Waals surface area (Å²) in [6.07, 6.45) is 2.01. The second-order valence-corrected chi connectivity index (χ2v) is 5.96. The summed E-state index contributed by atoms with van der Waals surface area (Å²) < 4.78 is 0. The summed E-state index contributed by atoms with van der Waals surface area (Å²) >= 11 is 0. The summed E-state index contributed by atoms with van der Waals surface area (Å²) in [7, 11) is 2.18. The molecule has 23 heavy (non-hydrogen) atoms. The SMILES string of the molecule is CC.Cc1ccccc1-c1cc(N2CCN(C)CC2)ncc1C.[HH]. The van der Waals surface area contributed by atoms with E-state index < -0.39 is 0 Å². The Kier molecular flexibility index (Phi) is 6.17. The van der Waals surface area contributed by atoms with Gasteiger partial charge in [0.05, 0.1) is 0 Å². The Morgan fingerprint density at radius 2 is 1.57 bits per heavy atom. The third-order valence-corrected chi connectivity index (χ3v) is 4.35. The van der Waals surface area contributed by atoms with E-state index in [9.17, 15) is 0 Å². The van der Waals surface area contributed by atoms with E-state index in [2.05, 4.69) is 66.0 Å². The number of rotatable bonds is 2. The second kappa shape index (κ2) is 8.11. The predicted octanol–water partition coefficient (Wildman–Crippen LogP) is 4.39. The first-order chi connectivity index (χ1) is 11.1. The molecular weight excluding hydrogens is 282 g/mol. The van der Waals surface area contributed by atoms with E-state index in [4.69, 9.17) is 0 Å². The molecule has 0 N–H and O–H groups in total. The largest absolute Gasteiger partial charge is 0.354 e. The molecule has 0 aliphatic carbocycles. The molecule has 0 bridgehead atoms. The van der Waals surface area contributed by atoms with E-state index in [-0.39, 0.29) is 1.43 Å². The lowest BCUT2D eigenvalue weighted by Crippen LogP contribution is -2.44. The van der Waals surface area contributed by atoms with Crippen molar-refractivity contribution in [2.24, 2.45) is 0 Å². The summed E-state index contributed by atoms with van der Waals surface area (Å²) in [5.74, 6) is 1.10. The molecule has 0 atom stereocenters. The third kappa shape index (κ3) is 4.11. The molecule has 0 radical (unpaired) electrons. The molecule has 0 saturated carbocycles. The number of benzene rings is 1. The fraction of sp³-hybridized carbons (Fsp3) is 0.450. The van der Waals surface area contributed by atoms with Crippen LogP contribution in [0.3, 0.4) is 0 Å². The number of anilines is 1. The summed E-state index contributed by atoms with van der Waals surface area (Å²) in [4.78, 5) is 9.41. The zero-order chi connectivity index (χ0) is 16.8. The van der Waals surface area contributed by atoms with Crippen molar-refractivity contribution in [2.75, 3.05) is 38.1 Å². The molecule has 1 fully saturated rings. The van der Waals surface area contributed by atoms with Crippen molar-refractivity contribution in [3.63, 3.8) is 0 Å². The predicted molar refractivity (Wildman–Crippen MR) is 102 cm³/mol. The van der Waals surface area contributed by atoms with Crippen LogP contribution in [0.2, 0.25) is 0 Å². The molecule has 1 aliphatic heterocycles. The highest BCUT2D eigenvalue weighted by Crippen LogP contribution is 2.29. The molecule has 3 nitrogen and oxygen atoms in total. The van der Waals surface area contributed by atoms with Crippen LogP contribution >= 0.6 is 0 Å². The van der Waals surface area contributed by atoms with Gasteiger partial charge in [-0.25, -0.2) is 4.98 Å². The van der Waals surface area contributed by atoms with Gasteiger partial charge in [0.15, 0.2) is 0 Å². The third-order valence-electron chi connectivity index (χ3n) is 4.35. The van der Waals surface area contributed by atoms with Crippen LogP contribution in [-0.2, 0) is 0 Å². The van der Waals surface area contributed by atoms with E-state index >= 15 is 0 Å². The molecule has 1 aliphatic rings. The van der Waals surface area contributed by atoms with Gasteiger partial charge in [-0.1, -0.05) is 38.1 Å². The quantitative estimate of drug-likeness (QED) is 0.819. The molecule has 0 spiro atoms. The first kappa shape index (κ1) is 17.5. The van der Waals surface area contributed by atoms with Gasteiger partial charge in [0.25, 0.3) is 0 Å². The van der Waals surface area contributed by atoms with Gasteiger partial charge < -0.3 is 9.80 Å². The zero-order valence-corrected chi connectivity index (χ0v) is 15.1. The lowest BCUT2D eigenvalue weighted by atomic mass is 9.98. The van der Waals surface area contributed by atoms with Gasteiger partial charge in [-0.15, -0.1) is 0 Å². The maximum Gasteiger partial charge on any atom is 0.129 e. The summed E-state index contributed by atoms with van der Waals surface area (Å²) in [5.41, 5.74) is 5.17. The summed E-state index contributed by atoms with van der Waals surface area (Å²) in [5, 5.41) is 0. The molecule has 2 heterocycles. The molecule has 3 heteroatoms. The van der Waals surface area contributed by atoms with Gasteiger partial charge in [-0.3, -0.25) is 0 Å². The lowest BCUT2D eigenvalue weighted by Gasteiger charge is -2.33. The number of aryl methyl sites for hydroxylation is 2. The van der Waals surface area contributed by atoms with Crippen LogP contribution in [0.15, 0.2) is 36.5 Å². The van der Waals surface area contributed by atoms with E-state index in [1.807, 2.05) is 20.0 Å². The zero-order valence-electron chi connectivity index (χ0n) is 15.1. The molecular formula is C20H31N3. The molecule has 126 valence electrons. The van der Waals surface area contributed by atoms with Gasteiger partial charge in [0, 0.05) is 33.8 Å². The molecule has 3 rings (SSSR count). The topological polar surface area (TPSA) is 19.4 Å². The van der Waals surface area contributed by atoms with Crippen LogP contribution in [0.25, 0.3) is 11.1 Å². The van der Waals surface area contributed by atoms with Crippen LogP contribution in [0, 0.1) is 13.8 Å². The van der Waals surface area contributed by atoms with E-state index in [1.54, 1.807) is 0 Å². The Balaban J connectivity index is 0.000000925. The molecule has 1 aromatic carbocycles. The number of hydrogen-bond donors (Lipinski definition) is 0. The normalized spacial score (nSPS) is 15.1. The average molecular weight is 313 g/mol. The number of pyridine rings is 1. The minimum Gasteiger partial charge on any atom is -0.354 e. The summed E-state index contributed by atoms with van der Waals surface area (Å²) in [6.45, 7) is 12.6. The minimum atomic E-state index is 0. The Morgan fingerprint density at radius 3 is 2.22 bits per heavy atom. The highest BCUT2D eigenvalue weighted by molar-refractivity contribution is 5.72. The molecule has 0 amide bonds. The summed E-state index contributed by atoms with van der Waals surface area (Å²) in [6, 6.07) is 10.8. The lowest BCUT2D eigenvalue weighted by molar-refractivity contribution is 0.312. The van der Waals surface area contributed by atoms with Crippen molar-refractivity contribution < 1.29 is 1.43 Å². The van der Waals surface area contributed by atoms with Crippen molar-refractivity contribution >= 4 is 5.82 Å².